The van der Waals surface area contributed by atoms with Gasteiger partial charge in [-0.25, -0.2) is 0 Å². The van der Waals surface area contributed by atoms with Gasteiger partial charge in [0.1, 0.15) is 11.4 Å². The number of Topliss-reactive ketones (excluding diaryl/α,β-unsaturated/α-hetero) is 1. The van der Waals surface area contributed by atoms with E-state index in [9.17, 15) is 9.59 Å². The minimum Gasteiger partial charge on any atom is -0.486 e. The van der Waals surface area contributed by atoms with Crippen LogP contribution in [0.25, 0.3) is 0 Å². The monoisotopic (exact) mass is 339 g/mol. The summed E-state index contributed by atoms with van der Waals surface area (Å²) in [4.78, 5) is 25.5. The lowest BCUT2D eigenvalue weighted by molar-refractivity contribution is -0.124. The predicted molar refractivity (Wildman–Crippen MR) is 93.6 cm³/mol. The molecule has 0 radical (unpaired) electrons. The maximum absolute atomic E-state index is 12.7. The van der Waals surface area contributed by atoms with E-state index in [1.807, 2.05) is 25.1 Å². The Kier molecular flexibility index (Phi) is 3.28. The number of ketones is 1. The minimum absolute atomic E-state index is 0.0501. The van der Waals surface area contributed by atoms with E-state index in [0.717, 1.165) is 31.2 Å². The highest BCUT2D eigenvalue weighted by atomic mass is 16.5. The first kappa shape index (κ1) is 15.4. The summed E-state index contributed by atoms with van der Waals surface area (Å²) in [6.45, 7) is 1.99. The Labute approximate surface area is 148 Å². The molecular formula is C21H25NO3. The standard InChI is InChI=1S/C21H25NO3/c1-12-6-7-17-15(10-12)16(23)11-21(25-17)9-8-14-18(19(14)21)20(24)22-13-4-2-3-5-13/h6-7,10,13-14,18-19H,2-5,8-9,11H2,1H3,(H,22,24)/t14-,18-,19+,21+/m1/s1. The lowest BCUT2D eigenvalue weighted by Crippen LogP contribution is -2.45. The van der Waals surface area contributed by atoms with Crippen molar-refractivity contribution >= 4 is 11.7 Å². The molecule has 4 nitrogen and oxygen atoms in total. The Morgan fingerprint density at radius 3 is 2.84 bits per heavy atom. The van der Waals surface area contributed by atoms with Crippen LogP contribution in [-0.2, 0) is 4.79 Å². The first-order chi connectivity index (χ1) is 12.1. The molecule has 4 heteroatoms. The first-order valence-corrected chi connectivity index (χ1v) is 9.71. The van der Waals surface area contributed by atoms with Crippen LogP contribution in [0.2, 0.25) is 0 Å². The van der Waals surface area contributed by atoms with Gasteiger partial charge >= 0.3 is 0 Å². The number of aryl methyl sites for hydroxylation is 1. The van der Waals surface area contributed by atoms with E-state index in [1.54, 1.807) is 0 Å². The number of hydrogen-bond donors (Lipinski definition) is 1. The summed E-state index contributed by atoms with van der Waals surface area (Å²) in [6, 6.07) is 6.21. The van der Waals surface area contributed by atoms with Gasteiger partial charge in [0.2, 0.25) is 5.91 Å². The van der Waals surface area contributed by atoms with Gasteiger partial charge in [-0.1, -0.05) is 24.5 Å². The maximum Gasteiger partial charge on any atom is 0.224 e. The molecule has 0 aromatic heterocycles. The van der Waals surface area contributed by atoms with Crippen molar-refractivity contribution in [3.8, 4) is 5.75 Å². The summed E-state index contributed by atoms with van der Waals surface area (Å²) >= 11 is 0. The van der Waals surface area contributed by atoms with Crippen molar-refractivity contribution in [1.29, 1.82) is 0 Å². The number of rotatable bonds is 2. The van der Waals surface area contributed by atoms with Crippen molar-refractivity contribution in [2.75, 3.05) is 0 Å². The highest BCUT2D eigenvalue weighted by molar-refractivity contribution is 6.01. The van der Waals surface area contributed by atoms with E-state index in [2.05, 4.69) is 5.32 Å². The topological polar surface area (TPSA) is 55.4 Å². The molecule has 132 valence electrons. The van der Waals surface area contributed by atoms with Gasteiger partial charge in [0.25, 0.3) is 0 Å². The van der Waals surface area contributed by atoms with Gasteiger partial charge < -0.3 is 10.1 Å². The van der Waals surface area contributed by atoms with Crippen LogP contribution in [0, 0.1) is 24.7 Å². The van der Waals surface area contributed by atoms with E-state index in [0.29, 0.717) is 29.7 Å². The molecule has 4 aliphatic rings. The summed E-state index contributed by atoms with van der Waals surface area (Å²) in [7, 11) is 0. The highest BCUT2D eigenvalue weighted by Gasteiger charge is 2.70. The van der Waals surface area contributed by atoms with E-state index in [4.69, 9.17) is 4.74 Å². The SMILES string of the molecule is Cc1ccc2c(c1)C(=O)C[C@]1(CC[C@@H]3[C@@H](C(=O)NC4CCCC4)[C@H]31)O2. The fourth-order valence-corrected chi connectivity index (χ4v) is 5.65. The van der Waals surface area contributed by atoms with Gasteiger partial charge in [-0.15, -0.1) is 0 Å². The number of carbonyl (C=O) groups excluding carboxylic acids is 2. The van der Waals surface area contributed by atoms with Gasteiger partial charge in [0.05, 0.1) is 12.0 Å². The molecule has 1 heterocycles. The third kappa shape index (κ3) is 2.33. The van der Waals surface area contributed by atoms with Gasteiger partial charge in [0.15, 0.2) is 5.78 Å². The van der Waals surface area contributed by atoms with Gasteiger partial charge in [-0.3, -0.25) is 9.59 Å². The molecule has 3 saturated carbocycles. The molecule has 25 heavy (non-hydrogen) atoms. The van der Waals surface area contributed by atoms with E-state index >= 15 is 0 Å². The van der Waals surface area contributed by atoms with Crippen molar-refractivity contribution in [2.24, 2.45) is 17.8 Å². The fourth-order valence-electron chi connectivity index (χ4n) is 5.65. The second kappa shape index (κ2) is 5.33. The number of ether oxygens (including phenoxy) is 1. The molecule has 1 aromatic rings. The minimum atomic E-state index is -0.443. The third-order valence-electron chi connectivity index (χ3n) is 6.89. The molecule has 4 atom stereocenters. The average molecular weight is 339 g/mol. The highest BCUT2D eigenvalue weighted by Crippen LogP contribution is 2.65. The molecule has 1 N–H and O–H groups in total. The molecule has 1 aliphatic heterocycles. The summed E-state index contributed by atoms with van der Waals surface area (Å²) in [5, 5.41) is 3.25. The zero-order valence-electron chi connectivity index (χ0n) is 14.7. The zero-order chi connectivity index (χ0) is 17.2. The Balaban J connectivity index is 1.36. The molecule has 0 saturated heterocycles. The molecule has 5 rings (SSSR count). The largest absolute Gasteiger partial charge is 0.486 e. The third-order valence-corrected chi connectivity index (χ3v) is 6.89. The Bertz CT molecular complexity index is 752. The number of fused-ring (bicyclic) bond motifs is 3. The zero-order valence-corrected chi connectivity index (χ0v) is 14.7. The summed E-state index contributed by atoms with van der Waals surface area (Å²) < 4.78 is 6.41. The quantitative estimate of drug-likeness (QED) is 0.898. The Hall–Kier alpha value is -1.84. The van der Waals surface area contributed by atoms with Crippen LogP contribution in [0.3, 0.4) is 0 Å². The van der Waals surface area contributed by atoms with Gasteiger partial charge in [-0.05, 0) is 50.7 Å². The molecular weight excluding hydrogens is 314 g/mol. The van der Waals surface area contributed by atoms with E-state index in [-0.39, 0.29) is 23.5 Å². The van der Waals surface area contributed by atoms with Crippen LogP contribution < -0.4 is 10.1 Å². The number of hydrogen-bond acceptors (Lipinski definition) is 3. The molecule has 0 bridgehead atoms. The van der Waals surface area contributed by atoms with Crippen molar-refractivity contribution in [2.45, 2.75) is 63.5 Å². The summed E-state index contributed by atoms with van der Waals surface area (Å²) in [6.07, 6.45) is 7.00. The van der Waals surface area contributed by atoms with Crippen LogP contribution in [0.15, 0.2) is 18.2 Å². The smallest absolute Gasteiger partial charge is 0.224 e. The molecule has 1 amide bonds. The molecule has 3 fully saturated rings. The van der Waals surface area contributed by atoms with Crippen molar-refractivity contribution in [3.05, 3.63) is 29.3 Å². The second-order valence-electron chi connectivity index (χ2n) is 8.51. The Morgan fingerprint density at radius 1 is 1.24 bits per heavy atom. The van der Waals surface area contributed by atoms with E-state index in [1.165, 1.54) is 12.8 Å². The number of amides is 1. The van der Waals surface area contributed by atoms with E-state index < -0.39 is 5.60 Å². The van der Waals surface area contributed by atoms with Crippen LogP contribution in [-0.4, -0.2) is 23.3 Å². The fraction of sp³-hybridized carbons (Fsp3) is 0.619. The van der Waals surface area contributed by atoms with Gasteiger partial charge in [0, 0.05) is 17.9 Å². The first-order valence-electron chi connectivity index (χ1n) is 9.71. The second-order valence-corrected chi connectivity index (χ2v) is 8.51. The molecule has 0 unspecified atom stereocenters. The summed E-state index contributed by atoms with van der Waals surface area (Å²) in [5.74, 6) is 1.76. The predicted octanol–water partition coefficient (Wildman–Crippen LogP) is 3.41. The molecule has 1 spiro atoms. The average Bonchev–Trinajstić information content (AvgIpc) is 2.91. The van der Waals surface area contributed by atoms with Crippen LogP contribution in [0.4, 0.5) is 0 Å². The van der Waals surface area contributed by atoms with Crippen molar-refractivity contribution < 1.29 is 14.3 Å². The number of benzene rings is 1. The maximum atomic E-state index is 12.7. The molecule has 3 aliphatic carbocycles. The van der Waals surface area contributed by atoms with Crippen molar-refractivity contribution in [1.82, 2.24) is 5.32 Å². The molecule has 1 aromatic carbocycles. The van der Waals surface area contributed by atoms with Gasteiger partial charge in [-0.2, -0.15) is 0 Å². The van der Waals surface area contributed by atoms with Crippen molar-refractivity contribution in [3.63, 3.8) is 0 Å². The lowest BCUT2D eigenvalue weighted by atomic mass is 9.84. The van der Waals surface area contributed by atoms with Crippen LogP contribution >= 0.6 is 0 Å². The Morgan fingerprint density at radius 2 is 2.04 bits per heavy atom. The summed E-state index contributed by atoms with van der Waals surface area (Å²) in [5.41, 5.74) is 1.35. The lowest BCUT2D eigenvalue weighted by Gasteiger charge is -2.37. The van der Waals surface area contributed by atoms with Crippen LogP contribution in [0.5, 0.6) is 5.75 Å². The normalized spacial score (nSPS) is 36.0. The number of carbonyl (C=O) groups is 2. The van der Waals surface area contributed by atoms with Crippen LogP contribution in [0.1, 0.15) is 60.9 Å². The number of nitrogens with one attached hydrogen (secondary N) is 1.